The fourth-order valence-corrected chi connectivity index (χ4v) is 5.00. The van der Waals surface area contributed by atoms with E-state index in [-0.39, 0.29) is 52.5 Å². The third-order valence-electron chi connectivity index (χ3n) is 6.56. The highest BCUT2D eigenvalue weighted by Gasteiger charge is 2.39. The minimum atomic E-state index is -0.796. The Balaban J connectivity index is 1.76. The second-order valence-corrected chi connectivity index (χ2v) is 8.83. The van der Waals surface area contributed by atoms with Crippen LogP contribution in [-0.4, -0.2) is 56.9 Å². The number of hydrogen-bond donors (Lipinski definition) is 2. The fourth-order valence-electron chi connectivity index (χ4n) is 5.00. The molecule has 8 nitrogen and oxygen atoms in total. The van der Waals surface area contributed by atoms with E-state index in [1.165, 1.54) is 37.6 Å². The third kappa shape index (κ3) is 3.78. The highest BCUT2D eigenvalue weighted by atomic mass is 19.1. The van der Waals surface area contributed by atoms with E-state index in [9.17, 15) is 19.4 Å². The van der Waals surface area contributed by atoms with Crippen LogP contribution in [-0.2, 0) is 16.0 Å². The number of carbonyl (C=O) groups excluding carboxylic acids is 1. The van der Waals surface area contributed by atoms with E-state index in [1.54, 1.807) is 18.7 Å². The molecule has 2 aromatic carbocycles. The first-order valence-electron chi connectivity index (χ1n) is 11.5. The number of β-amino-alcohol motifs (C(OH)–C–C–N with tert-alkyl or cyclic N) is 1. The van der Waals surface area contributed by atoms with Crippen molar-refractivity contribution in [1.29, 1.82) is 0 Å². The van der Waals surface area contributed by atoms with Crippen molar-refractivity contribution >= 4 is 33.5 Å². The average Bonchev–Trinajstić information content (AvgIpc) is 3.25. The highest BCUT2D eigenvalue weighted by molar-refractivity contribution is 6.02. The van der Waals surface area contributed by atoms with Crippen molar-refractivity contribution in [2.45, 2.75) is 38.8 Å². The summed E-state index contributed by atoms with van der Waals surface area (Å²) in [6, 6.07) is 4.90. The normalized spacial score (nSPS) is 17.8. The van der Waals surface area contributed by atoms with Gasteiger partial charge < -0.3 is 19.8 Å². The average molecular weight is 494 g/mol. The summed E-state index contributed by atoms with van der Waals surface area (Å²) >= 11 is 0. The molecular weight excluding hydrogens is 470 g/mol. The van der Waals surface area contributed by atoms with Gasteiger partial charge in [0.2, 0.25) is 0 Å². The number of rotatable bonds is 4. The van der Waals surface area contributed by atoms with Gasteiger partial charge in [0.05, 0.1) is 18.6 Å². The number of aromatic hydroxyl groups is 1. The second-order valence-electron chi connectivity index (χ2n) is 8.83. The van der Waals surface area contributed by atoms with Gasteiger partial charge in [0, 0.05) is 24.7 Å². The van der Waals surface area contributed by atoms with Gasteiger partial charge in [0.25, 0.3) is 0 Å². The van der Waals surface area contributed by atoms with Crippen molar-refractivity contribution in [3.05, 3.63) is 53.5 Å². The summed E-state index contributed by atoms with van der Waals surface area (Å²) in [4.78, 5) is 27.0. The molecule has 4 aromatic rings. The van der Waals surface area contributed by atoms with Gasteiger partial charge in [-0.1, -0.05) is 13.0 Å². The minimum absolute atomic E-state index is 0.0431. The molecule has 2 atom stereocenters. The van der Waals surface area contributed by atoms with Gasteiger partial charge in [-0.05, 0) is 47.9 Å². The molecule has 10 heteroatoms. The van der Waals surface area contributed by atoms with E-state index < -0.39 is 29.7 Å². The SMILES string of the molecule is CCc1c(F)ccc2cc(O)cc(-c3ncc4c(N5C[C@H](O)C[C@H]5C(=O)OC)nc(C)nc4c3F)c12. The predicted octanol–water partition coefficient (Wildman–Crippen LogP) is 3.81. The summed E-state index contributed by atoms with van der Waals surface area (Å²) in [6.07, 6.45) is 1.10. The lowest BCUT2D eigenvalue weighted by atomic mass is 9.94. The van der Waals surface area contributed by atoms with Gasteiger partial charge in [-0.25, -0.2) is 23.5 Å². The Morgan fingerprint density at radius 3 is 2.75 bits per heavy atom. The van der Waals surface area contributed by atoms with Crippen LogP contribution in [0.5, 0.6) is 5.75 Å². The molecule has 36 heavy (non-hydrogen) atoms. The van der Waals surface area contributed by atoms with E-state index in [0.29, 0.717) is 22.8 Å². The topological polar surface area (TPSA) is 109 Å². The molecule has 1 aliphatic heterocycles. The standard InChI is InChI=1S/C26H24F2N4O4/c1-4-16-19(27)6-5-13-7-14(33)8-17(21(13)16)23-22(28)24-18(10-29-23)25(31-12(2)30-24)32-11-15(34)9-20(32)26(35)36-3/h5-8,10,15,20,33-34H,4,9,11H2,1-3H3/t15-,20+/m1/s1. The largest absolute Gasteiger partial charge is 0.508 e. The lowest BCUT2D eigenvalue weighted by Gasteiger charge is -2.25. The molecule has 0 aliphatic carbocycles. The third-order valence-corrected chi connectivity index (χ3v) is 6.56. The Morgan fingerprint density at radius 2 is 2.03 bits per heavy atom. The number of aliphatic hydroxyl groups is 1. The summed E-state index contributed by atoms with van der Waals surface area (Å²) < 4.78 is 35.6. The van der Waals surface area contributed by atoms with Crippen molar-refractivity contribution in [3.8, 4) is 17.0 Å². The lowest BCUT2D eigenvalue weighted by Crippen LogP contribution is -2.37. The number of aromatic nitrogens is 3. The molecule has 0 bridgehead atoms. The maximum absolute atomic E-state index is 16.1. The number of halogens is 2. The number of pyridine rings is 1. The molecule has 0 radical (unpaired) electrons. The number of phenols is 1. The van der Waals surface area contributed by atoms with Crippen LogP contribution in [0.25, 0.3) is 32.9 Å². The molecule has 0 saturated carbocycles. The number of anilines is 1. The molecule has 0 amide bonds. The number of hydrogen-bond acceptors (Lipinski definition) is 8. The highest BCUT2D eigenvalue weighted by Crippen LogP contribution is 2.39. The maximum atomic E-state index is 16.1. The van der Waals surface area contributed by atoms with Crippen molar-refractivity contribution in [1.82, 2.24) is 15.0 Å². The Labute approximate surface area is 205 Å². The van der Waals surface area contributed by atoms with Crippen molar-refractivity contribution in [2.24, 2.45) is 0 Å². The van der Waals surface area contributed by atoms with Gasteiger partial charge in [-0.2, -0.15) is 0 Å². The monoisotopic (exact) mass is 494 g/mol. The van der Waals surface area contributed by atoms with E-state index in [4.69, 9.17) is 4.74 Å². The van der Waals surface area contributed by atoms with Crippen LogP contribution in [0, 0.1) is 18.6 Å². The van der Waals surface area contributed by atoms with Gasteiger partial charge in [-0.3, -0.25) is 4.98 Å². The first kappa shape index (κ1) is 23.8. The molecule has 2 aromatic heterocycles. The second kappa shape index (κ2) is 8.94. The van der Waals surface area contributed by atoms with Gasteiger partial charge in [-0.15, -0.1) is 0 Å². The summed E-state index contributed by atoms with van der Waals surface area (Å²) in [5, 5.41) is 21.8. The van der Waals surface area contributed by atoms with E-state index >= 15 is 4.39 Å². The number of methoxy groups -OCH3 is 1. The number of esters is 1. The molecule has 0 spiro atoms. The smallest absolute Gasteiger partial charge is 0.328 e. The van der Waals surface area contributed by atoms with Gasteiger partial charge in [0.15, 0.2) is 5.82 Å². The maximum Gasteiger partial charge on any atom is 0.328 e. The van der Waals surface area contributed by atoms with Gasteiger partial charge in [0.1, 0.15) is 40.5 Å². The Kier molecular flexibility index (Phi) is 5.91. The molecular formula is C26H24F2N4O4. The Morgan fingerprint density at radius 1 is 1.25 bits per heavy atom. The first-order chi connectivity index (χ1) is 17.2. The number of aliphatic hydroxyl groups excluding tert-OH is 1. The molecule has 0 unspecified atom stereocenters. The van der Waals surface area contributed by atoms with Crippen LogP contribution in [0.1, 0.15) is 24.7 Å². The van der Waals surface area contributed by atoms with Crippen LogP contribution in [0.15, 0.2) is 30.5 Å². The quantitative estimate of drug-likeness (QED) is 0.413. The number of phenolic OH excluding ortho intramolecular Hbond substituents is 1. The van der Waals surface area contributed by atoms with E-state index in [2.05, 4.69) is 15.0 Å². The summed E-state index contributed by atoms with van der Waals surface area (Å²) in [7, 11) is 1.26. The Hall–Kier alpha value is -3.92. The fraction of sp³-hybridized carbons (Fsp3) is 0.308. The minimum Gasteiger partial charge on any atom is -0.508 e. The number of fused-ring (bicyclic) bond motifs is 2. The van der Waals surface area contributed by atoms with E-state index in [1.807, 2.05) is 0 Å². The lowest BCUT2D eigenvalue weighted by molar-refractivity contribution is -0.142. The van der Waals surface area contributed by atoms with Crippen molar-refractivity contribution in [2.75, 3.05) is 18.6 Å². The molecule has 3 heterocycles. The van der Waals surface area contributed by atoms with Crippen LogP contribution >= 0.6 is 0 Å². The molecule has 2 N–H and O–H groups in total. The zero-order chi connectivity index (χ0) is 25.7. The van der Waals surface area contributed by atoms with Gasteiger partial charge >= 0.3 is 5.97 Å². The summed E-state index contributed by atoms with van der Waals surface area (Å²) in [5.41, 5.74) is 0.482. The molecule has 186 valence electrons. The summed E-state index contributed by atoms with van der Waals surface area (Å²) in [5.74, 6) is -1.35. The zero-order valence-corrected chi connectivity index (χ0v) is 19.9. The number of ether oxygens (including phenoxy) is 1. The van der Waals surface area contributed by atoms with Crippen LogP contribution in [0.4, 0.5) is 14.6 Å². The van der Waals surface area contributed by atoms with Crippen LogP contribution in [0.3, 0.4) is 0 Å². The Bertz CT molecular complexity index is 1530. The van der Waals surface area contributed by atoms with E-state index in [0.717, 1.165) is 0 Å². The zero-order valence-electron chi connectivity index (χ0n) is 19.9. The first-order valence-corrected chi connectivity index (χ1v) is 11.5. The molecule has 1 fully saturated rings. The van der Waals surface area contributed by atoms with Crippen LogP contribution in [0.2, 0.25) is 0 Å². The predicted molar refractivity (Wildman–Crippen MR) is 130 cm³/mol. The molecule has 1 saturated heterocycles. The van der Waals surface area contributed by atoms with Crippen molar-refractivity contribution in [3.63, 3.8) is 0 Å². The number of benzene rings is 2. The molecule has 5 rings (SSSR count). The number of aryl methyl sites for hydroxylation is 2. The number of nitrogens with zero attached hydrogens (tertiary/aromatic N) is 4. The number of carbonyl (C=O) groups is 1. The van der Waals surface area contributed by atoms with Crippen molar-refractivity contribution < 1.29 is 28.5 Å². The molecule has 1 aliphatic rings. The van der Waals surface area contributed by atoms with Crippen LogP contribution < -0.4 is 4.90 Å². The summed E-state index contributed by atoms with van der Waals surface area (Å²) in [6.45, 7) is 3.49.